The number of para-hydroxylation sites is 1. The lowest BCUT2D eigenvalue weighted by Crippen LogP contribution is -2.33. The molecule has 0 saturated carbocycles. The van der Waals surface area contributed by atoms with Crippen LogP contribution in [0.5, 0.6) is 5.75 Å². The van der Waals surface area contributed by atoms with Crippen LogP contribution in [0.15, 0.2) is 103 Å². The van der Waals surface area contributed by atoms with Gasteiger partial charge in [0.25, 0.3) is 0 Å². The highest BCUT2D eigenvalue weighted by atomic mass is 16.5. The van der Waals surface area contributed by atoms with Gasteiger partial charge in [0.15, 0.2) is 5.78 Å². The fraction of sp³-hybridized carbons (Fsp3) is 0.289. The Morgan fingerprint density at radius 2 is 1.49 bits per heavy atom. The van der Waals surface area contributed by atoms with Crippen LogP contribution in [0.3, 0.4) is 0 Å². The number of anilines is 2. The van der Waals surface area contributed by atoms with E-state index >= 15 is 0 Å². The third-order valence-corrected chi connectivity index (χ3v) is 7.41. The van der Waals surface area contributed by atoms with Crippen molar-refractivity contribution in [1.82, 2.24) is 0 Å². The van der Waals surface area contributed by atoms with Crippen molar-refractivity contribution in [2.75, 3.05) is 30.5 Å². The Morgan fingerprint density at radius 3 is 2.16 bits per heavy atom. The van der Waals surface area contributed by atoms with Gasteiger partial charge in [0, 0.05) is 41.9 Å². The van der Waals surface area contributed by atoms with Crippen molar-refractivity contribution in [3.8, 4) is 5.75 Å². The van der Waals surface area contributed by atoms with Gasteiger partial charge in [0.05, 0.1) is 13.7 Å². The van der Waals surface area contributed by atoms with E-state index in [1.54, 1.807) is 30.3 Å². The molecule has 1 atom stereocenters. The molecule has 4 aromatic rings. The number of ketones is 1. The van der Waals surface area contributed by atoms with E-state index in [9.17, 15) is 14.4 Å². The smallest absolute Gasteiger partial charge is 0.328 e. The van der Waals surface area contributed by atoms with Gasteiger partial charge in [0.2, 0.25) is 5.91 Å². The van der Waals surface area contributed by atoms with Crippen molar-refractivity contribution in [3.63, 3.8) is 0 Å². The molecule has 1 unspecified atom stereocenters. The zero-order valence-electron chi connectivity index (χ0n) is 26.5. The molecule has 0 bridgehead atoms. The number of methoxy groups -OCH3 is 1. The summed E-state index contributed by atoms with van der Waals surface area (Å²) in [5.41, 5.74) is 4.57. The summed E-state index contributed by atoms with van der Waals surface area (Å²) in [6, 6.07) is 31.1. The monoisotopic (exact) mass is 606 g/mol. The number of rotatable bonds is 15. The molecule has 1 N–H and O–H groups in total. The van der Waals surface area contributed by atoms with E-state index < -0.39 is 12.0 Å². The normalized spacial score (nSPS) is 11.5. The first kappa shape index (κ1) is 33.0. The van der Waals surface area contributed by atoms with Gasteiger partial charge in [-0.15, -0.1) is 0 Å². The van der Waals surface area contributed by atoms with Gasteiger partial charge < -0.3 is 19.7 Å². The minimum Gasteiger partial charge on any atom is -0.494 e. The summed E-state index contributed by atoms with van der Waals surface area (Å²) in [6.45, 7) is 7.15. The predicted molar refractivity (Wildman–Crippen MR) is 179 cm³/mol. The van der Waals surface area contributed by atoms with Crippen LogP contribution in [-0.2, 0) is 20.7 Å². The Balaban J connectivity index is 1.36. The van der Waals surface area contributed by atoms with E-state index in [2.05, 4.69) is 5.32 Å². The number of carbonyl (C=O) groups excluding carboxylic acids is 3. The van der Waals surface area contributed by atoms with Crippen LogP contribution in [0.25, 0.3) is 0 Å². The number of esters is 1. The average molecular weight is 607 g/mol. The molecule has 0 aliphatic rings. The number of benzene rings is 4. The van der Waals surface area contributed by atoms with Crippen LogP contribution in [0.2, 0.25) is 0 Å². The molecule has 0 saturated heterocycles. The topological polar surface area (TPSA) is 84.9 Å². The SMILES string of the molecule is COC(=O)C(Cc1ccc(OCCCN(C(=O)CC(C)C)c2ccc(C)cc2)cc1)Nc1ccccc1C(=O)c1ccccc1. The number of amides is 1. The van der Waals surface area contributed by atoms with Crippen molar-refractivity contribution in [2.45, 2.75) is 46.1 Å². The lowest BCUT2D eigenvalue weighted by molar-refractivity contribution is -0.141. The molecule has 0 aliphatic heterocycles. The molecule has 0 aliphatic carbocycles. The van der Waals surface area contributed by atoms with Gasteiger partial charge in [0.1, 0.15) is 11.8 Å². The minimum absolute atomic E-state index is 0.110. The molecule has 7 nitrogen and oxygen atoms in total. The lowest BCUT2D eigenvalue weighted by atomic mass is 10.00. The highest BCUT2D eigenvalue weighted by Gasteiger charge is 2.23. The summed E-state index contributed by atoms with van der Waals surface area (Å²) in [7, 11) is 1.35. The van der Waals surface area contributed by atoms with Crippen LogP contribution in [0.1, 0.15) is 53.7 Å². The van der Waals surface area contributed by atoms with Gasteiger partial charge >= 0.3 is 5.97 Å². The molecule has 4 aromatic carbocycles. The summed E-state index contributed by atoms with van der Waals surface area (Å²) in [5, 5.41) is 3.24. The molecule has 0 heterocycles. The maximum absolute atomic E-state index is 13.2. The number of hydrogen-bond donors (Lipinski definition) is 1. The number of hydrogen-bond acceptors (Lipinski definition) is 6. The second-order valence-electron chi connectivity index (χ2n) is 11.5. The van der Waals surface area contributed by atoms with Crippen LogP contribution in [0.4, 0.5) is 11.4 Å². The fourth-order valence-corrected chi connectivity index (χ4v) is 5.03. The predicted octanol–water partition coefficient (Wildman–Crippen LogP) is 7.27. The molecule has 1 amide bonds. The van der Waals surface area contributed by atoms with Gasteiger partial charge in [-0.1, -0.05) is 86.1 Å². The molecule has 0 radical (unpaired) electrons. The molecule has 4 rings (SSSR count). The van der Waals surface area contributed by atoms with Crippen molar-refractivity contribution in [3.05, 3.63) is 125 Å². The number of ether oxygens (including phenoxy) is 2. The maximum Gasteiger partial charge on any atom is 0.328 e. The Morgan fingerprint density at radius 1 is 0.822 bits per heavy atom. The van der Waals surface area contributed by atoms with Crippen molar-refractivity contribution in [2.24, 2.45) is 5.92 Å². The number of nitrogens with one attached hydrogen (secondary N) is 1. The quantitative estimate of drug-likeness (QED) is 0.0871. The molecule has 0 fully saturated rings. The Bertz CT molecular complexity index is 1550. The van der Waals surface area contributed by atoms with Crippen LogP contribution >= 0.6 is 0 Å². The van der Waals surface area contributed by atoms with Gasteiger partial charge in [-0.3, -0.25) is 9.59 Å². The van der Waals surface area contributed by atoms with Gasteiger partial charge in [-0.05, 0) is 61.2 Å². The molecule has 234 valence electrons. The molecular weight excluding hydrogens is 564 g/mol. The largest absolute Gasteiger partial charge is 0.494 e. The molecule has 45 heavy (non-hydrogen) atoms. The molecular formula is C38H42N2O5. The fourth-order valence-electron chi connectivity index (χ4n) is 5.03. The Hall–Kier alpha value is -4.91. The summed E-state index contributed by atoms with van der Waals surface area (Å²) in [4.78, 5) is 40.8. The van der Waals surface area contributed by atoms with Crippen molar-refractivity contribution >= 4 is 29.0 Å². The molecule has 0 aromatic heterocycles. The number of nitrogens with zero attached hydrogens (tertiary/aromatic N) is 1. The first-order valence-corrected chi connectivity index (χ1v) is 15.4. The molecule has 7 heteroatoms. The standard InChI is InChI=1S/C38H42N2O5/c1-27(2)25-36(41)40(31-19-15-28(3)16-20-31)23-10-24-45-32-21-17-29(18-22-32)26-35(38(43)44-4)39-34-14-9-8-13-33(34)37(42)30-11-6-5-7-12-30/h5-9,11-22,27,35,39H,10,23-26H2,1-4H3. The van der Waals surface area contributed by atoms with Crippen LogP contribution in [0, 0.1) is 12.8 Å². The molecule has 0 spiro atoms. The Labute approximate surface area is 266 Å². The van der Waals surface area contributed by atoms with Gasteiger partial charge in [-0.2, -0.15) is 0 Å². The zero-order chi connectivity index (χ0) is 32.2. The summed E-state index contributed by atoms with van der Waals surface area (Å²) in [6.07, 6.45) is 1.52. The first-order chi connectivity index (χ1) is 21.7. The Kier molecular flexibility index (Phi) is 11.9. The van der Waals surface area contributed by atoms with Crippen molar-refractivity contribution in [1.29, 1.82) is 0 Å². The van der Waals surface area contributed by atoms with E-state index in [4.69, 9.17) is 9.47 Å². The van der Waals surface area contributed by atoms with E-state index in [1.807, 2.05) is 98.5 Å². The van der Waals surface area contributed by atoms with E-state index in [0.717, 1.165) is 16.8 Å². The summed E-state index contributed by atoms with van der Waals surface area (Å²) in [5.74, 6) is 0.535. The maximum atomic E-state index is 13.2. The van der Waals surface area contributed by atoms with E-state index in [-0.39, 0.29) is 17.6 Å². The third-order valence-electron chi connectivity index (χ3n) is 7.41. The minimum atomic E-state index is -0.706. The zero-order valence-corrected chi connectivity index (χ0v) is 26.5. The van der Waals surface area contributed by atoms with Crippen LogP contribution < -0.4 is 15.0 Å². The third kappa shape index (κ3) is 9.54. The highest BCUT2D eigenvalue weighted by molar-refractivity contribution is 6.12. The average Bonchev–Trinajstić information content (AvgIpc) is 3.05. The first-order valence-electron chi connectivity index (χ1n) is 15.4. The van der Waals surface area contributed by atoms with E-state index in [0.29, 0.717) is 55.0 Å². The summed E-state index contributed by atoms with van der Waals surface area (Å²) >= 11 is 0. The van der Waals surface area contributed by atoms with Gasteiger partial charge in [-0.25, -0.2) is 4.79 Å². The van der Waals surface area contributed by atoms with E-state index in [1.165, 1.54) is 7.11 Å². The lowest BCUT2D eigenvalue weighted by Gasteiger charge is -2.24. The second kappa shape index (κ2) is 16.2. The van der Waals surface area contributed by atoms with Crippen molar-refractivity contribution < 1.29 is 23.9 Å². The van der Waals surface area contributed by atoms with Crippen LogP contribution in [-0.4, -0.2) is 44.0 Å². The second-order valence-corrected chi connectivity index (χ2v) is 11.5. The number of aryl methyl sites for hydroxylation is 1. The highest BCUT2D eigenvalue weighted by Crippen LogP contribution is 2.23. The summed E-state index contributed by atoms with van der Waals surface area (Å²) < 4.78 is 11.1. The number of carbonyl (C=O) groups is 3.